The minimum Gasteiger partial charge on any atom is -0.497 e. The highest BCUT2D eigenvalue weighted by atomic mass is 32.2. The number of thiazole rings is 1. The molecule has 2 aromatic rings. The predicted molar refractivity (Wildman–Crippen MR) is 71.7 cm³/mol. The molecule has 2 rings (SSSR count). The maximum atomic E-state index is 8.77. The molecule has 5 nitrogen and oxygen atoms in total. The second-order valence-corrected chi connectivity index (χ2v) is 5.43. The summed E-state index contributed by atoms with van der Waals surface area (Å²) in [6.45, 7) is 0. The van der Waals surface area contributed by atoms with Gasteiger partial charge in [0, 0.05) is 22.0 Å². The average molecular weight is 281 g/mol. The first-order chi connectivity index (χ1) is 8.74. The number of oxime groups is 1. The maximum Gasteiger partial charge on any atom is 0.171 e. The van der Waals surface area contributed by atoms with Crippen molar-refractivity contribution >= 4 is 28.9 Å². The molecule has 0 spiro atoms. The number of rotatable bonds is 4. The van der Waals surface area contributed by atoms with Crippen LogP contribution in [-0.2, 0) is 0 Å². The van der Waals surface area contributed by atoms with Crippen molar-refractivity contribution in [1.82, 2.24) is 4.98 Å². The molecule has 7 heteroatoms. The Balaban J connectivity index is 2.41. The normalized spacial score (nSPS) is 11.5. The molecule has 0 saturated heterocycles. The number of nitrogens with zero attached hydrogens (tertiary/aromatic N) is 2. The average Bonchev–Trinajstić information content (AvgIpc) is 2.90. The van der Waals surface area contributed by atoms with Crippen LogP contribution in [0.25, 0.3) is 0 Å². The first-order valence-corrected chi connectivity index (χ1v) is 6.67. The first kappa shape index (κ1) is 12.7. The Labute approximate surface area is 112 Å². The molecular formula is C11H11N3O2S2. The van der Waals surface area contributed by atoms with E-state index in [0.29, 0.717) is 11.3 Å². The number of hydrogen-bond acceptors (Lipinski definition) is 6. The van der Waals surface area contributed by atoms with Gasteiger partial charge in [0.05, 0.1) is 7.11 Å². The lowest BCUT2D eigenvalue weighted by Crippen LogP contribution is -2.14. The fourth-order valence-electron chi connectivity index (χ4n) is 1.33. The van der Waals surface area contributed by atoms with Crippen LogP contribution >= 0.6 is 23.1 Å². The van der Waals surface area contributed by atoms with E-state index >= 15 is 0 Å². The van der Waals surface area contributed by atoms with Gasteiger partial charge in [0.25, 0.3) is 0 Å². The Hall–Kier alpha value is -1.73. The molecule has 0 saturated carbocycles. The highest BCUT2D eigenvalue weighted by Crippen LogP contribution is 2.34. The Kier molecular flexibility index (Phi) is 4.06. The SMILES string of the molecule is COc1ccc(/C(N)=N/O)c(Sc2nccs2)c1. The monoisotopic (exact) mass is 281 g/mol. The summed E-state index contributed by atoms with van der Waals surface area (Å²) in [5.41, 5.74) is 6.30. The van der Waals surface area contributed by atoms with E-state index in [-0.39, 0.29) is 5.84 Å². The molecule has 1 aromatic carbocycles. The number of amidine groups is 1. The molecule has 0 aliphatic heterocycles. The summed E-state index contributed by atoms with van der Waals surface area (Å²) in [7, 11) is 1.59. The van der Waals surface area contributed by atoms with Gasteiger partial charge < -0.3 is 15.7 Å². The Morgan fingerprint density at radius 3 is 3.00 bits per heavy atom. The molecule has 94 valence electrons. The number of ether oxygens (including phenoxy) is 1. The van der Waals surface area contributed by atoms with Gasteiger partial charge in [-0.15, -0.1) is 11.3 Å². The molecule has 1 heterocycles. The molecule has 3 N–H and O–H groups in total. The van der Waals surface area contributed by atoms with Crippen LogP contribution in [0.1, 0.15) is 5.56 Å². The van der Waals surface area contributed by atoms with Gasteiger partial charge in [-0.1, -0.05) is 16.9 Å². The quantitative estimate of drug-likeness (QED) is 0.389. The largest absolute Gasteiger partial charge is 0.497 e. The summed E-state index contributed by atoms with van der Waals surface area (Å²) in [6.07, 6.45) is 1.73. The minimum absolute atomic E-state index is 0.0664. The molecular weight excluding hydrogens is 270 g/mol. The summed E-state index contributed by atoms with van der Waals surface area (Å²) in [4.78, 5) is 5.02. The molecule has 0 amide bonds. The van der Waals surface area contributed by atoms with Crippen LogP contribution in [0.4, 0.5) is 0 Å². The fraction of sp³-hybridized carbons (Fsp3) is 0.0909. The van der Waals surface area contributed by atoms with Crippen LogP contribution in [0.2, 0.25) is 0 Å². The number of methoxy groups -OCH3 is 1. The lowest BCUT2D eigenvalue weighted by molar-refractivity contribution is 0.318. The topological polar surface area (TPSA) is 80.7 Å². The van der Waals surface area contributed by atoms with Gasteiger partial charge in [-0.2, -0.15) is 0 Å². The van der Waals surface area contributed by atoms with E-state index in [9.17, 15) is 0 Å². The standard InChI is InChI=1S/C11H11N3O2S2/c1-16-7-2-3-8(10(12)14-15)9(6-7)18-11-13-4-5-17-11/h2-6,15H,1H3,(H2,12,14). The van der Waals surface area contributed by atoms with Gasteiger partial charge in [0.2, 0.25) is 0 Å². The zero-order chi connectivity index (χ0) is 13.0. The predicted octanol–water partition coefficient (Wildman–Crippen LogP) is 2.40. The zero-order valence-electron chi connectivity index (χ0n) is 9.53. The number of hydrogen-bond donors (Lipinski definition) is 2. The van der Waals surface area contributed by atoms with Crippen molar-refractivity contribution in [2.45, 2.75) is 9.24 Å². The summed E-state index contributed by atoms with van der Waals surface area (Å²) in [5.74, 6) is 0.778. The summed E-state index contributed by atoms with van der Waals surface area (Å²) < 4.78 is 6.05. The molecule has 0 aliphatic rings. The van der Waals surface area contributed by atoms with Gasteiger partial charge in [0.15, 0.2) is 10.2 Å². The van der Waals surface area contributed by atoms with Gasteiger partial charge in [0.1, 0.15) is 5.75 Å². The van der Waals surface area contributed by atoms with E-state index in [1.807, 2.05) is 11.4 Å². The summed E-state index contributed by atoms with van der Waals surface area (Å²) in [5, 5.41) is 13.7. The van der Waals surface area contributed by atoms with Crippen LogP contribution in [0.15, 0.2) is 44.2 Å². The van der Waals surface area contributed by atoms with E-state index in [1.54, 1.807) is 25.4 Å². The number of aromatic nitrogens is 1. The molecule has 18 heavy (non-hydrogen) atoms. The lowest BCUT2D eigenvalue weighted by Gasteiger charge is -2.08. The van der Waals surface area contributed by atoms with Gasteiger partial charge in [-0.25, -0.2) is 4.98 Å². The second-order valence-electron chi connectivity index (χ2n) is 3.25. The second kappa shape index (κ2) is 5.74. The van der Waals surface area contributed by atoms with Crippen LogP contribution in [-0.4, -0.2) is 23.1 Å². The molecule has 1 aromatic heterocycles. The summed E-state index contributed by atoms with van der Waals surface area (Å²) in [6, 6.07) is 5.35. The smallest absolute Gasteiger partial charge is 0.171 e. The van der Waals surface area contributed by atoms with Crippen LogP contribution < -0.4 is 10.5 Å². The van der Waals surface area contributed by atoms with Crippen molar-refractivity contribution in [2.24, 2.45) is 10.9 Å². The molecule has 0 bridgehead atoms. The van der Waals surface area contributed by atoms with E-state index in [2.05, 4.69) is 10.1 Å². The van der Waals surface area contributed by atoms with Crippen LogP contribution in [0, 0.1) is 0 Å². The van der Waals surface area contributed by atoms with Crippen LogP contribution in [0.5, 0.6) is 5.75 Å². The number of benzene rings is 1. The Morgan fingerprint density at radius 1 is 1.56 bits per heavy atom. The third kappa shape index (κ3) is 2.74. The van der Waals surface area contributed by atoms with Crippen molar-refractivity contribution < 1.29 is 9.94 Å². The zero-order valence-corrected chi connectivity index (χ0v) is 11.2. The van der Waals surface area contributed by atoms with Crippen molar-refractivity contribution in [3.63, 3.8) is 0 Å². The van der Waals surface area contributed by atoms with E-state index in [1.165, 1.54) is 23.1 Å². The maximum absolute atomic E-state index is 8.77. The van der Waals surface area contributed by atoms with Gasteiger partial charge in [-0.05, 0) is 18.2 Å². The van der Waals surface area contributed by atoms with Crippen LogP contribution in [0.3, 0.4) is 0 Å². The van der Waals surface area contributed by atoms with E-state index in [4.69, 9.17) is 15.7 Å². The molecule has 0 radical (unpaired) electrons. The Bertz CT molecular complexity index is 555. The van der Waals surface area contributed by atoms with Crippen molar-refractivity contribution in [3.05, 3.63) is 35.3 Å². The minimum atomic E-state index is 0.0664. The molecule has 0 aliphatic carbocycles. The van der Waals surface area contributed by atoms with Crippen molar-refractivity contribution in [3.8, 4) is 5.75 Å². The Morgan fingerprint density at radius 2 is 2.39 bits per heavy atom. The van der Waals surface area contributed by atoms with Crippen molar-refractivity contribution in [2.75, 3.05) is 7.11 Å². The third-order valence-corrected chi connectivity index (χ3v) is 4.12. The highest BCUT2D eigenvalue weighted by Gasteiger charge is 2.11. The fourth-order valence-corrected chi connectivity index (χ4v) is 3.08. The van der Waals surface area contributed by atoms with Gasteiger partial charge in [-0.3, -0.25) is 0 Å². The third-order valence-electron chi connectivity index (χ3n) is 2.18. The number of nitrogens with two attached hydrogens (primary N) is 1. The van der Waals surface area contributed by atoms with E-state index < -0.39 is 0 Å². The highest BCUT2D eigenvalue weighted by molar-refractivity contribution is 8.01. The summed E-state index contributed by atoms with van der Waals surface area (Å²) >= 11 is 2.98. The molecule has 0 unspecified atom stereocenters. The van der Waals surface area contributed by atoms with Crippen molar-refractivity contribution in [1.29, 1.82) is 0 Å². The molecule has 0 atom stereocenters. The van der Waals surface area contributed by atoms with E-state index in [0.717, 1.165) is 9.24 Å². The lowest BCUT2D eigenvalue weighted by atomic mass is 10.2. The molecule has 0 fully saturated rings. The first-order valence-electron chi connectivity index (χ1n) is 4.98. The van der Waals surface area contributed by atoms with Gasteiger partial charge >= 0.3 is 0 Å².